The van der Waals surface area contributed by atoms with Gasteiger partial charge in [0.25, 0.3) is 0 Å². The van der Waals surface area contributed by atoms with Crippen LogP contribution in [0.5, 0.6) is 0 Å². The van der Waals surface area contributed by atoms with Gasteiger partial charge in [0.15, 0.2) is 0 Å². The van der Waals surface area contributed by atoms with Crippen molar-refractivity contribution in [3.8, 4) is 0 Å². The Hall–Kier alpha value is -0.920. The molecule has 1 aliphatic rings. The van der Waals surface area contributed by atoms with Crippen LogP contribution in [0.25, 0.3) is 0 Å². The molecular formula is C11H18N2. The van der Waals surface area contributed by atoms with Crippen molar-refractivity contribution in [2.75, 3.05) is 13.1 Å². The molecule has 0 spiro atoms. The molecule has 72 valence electrons. The lowest BCUT2D eigenvalue weighted by molar-refractivity contribution is 0.355. The highest BCUT2D eigenvalue weighted by Gasteiger charge is 2.11. The third-order valence-electron chi connectivity index (χ3n) is 2.01. The van der Waals surface area contributed by atoms with Crippen LogP contribution in [0.2, 0.25) is 0 Å². The minimum atomic E-state index is 0.848. The fourth-order valence-electron chi connectivity index (χ4n) is 1.29. The normalized spacial score (nSPS) is 15.5. The Morgan fingerprint density at radius 3 is 2.77 bits per heavy atom. The summed E-state index contributed by atoms with van der Waals surface area (Å²) in [6.07, 6.45) is 9.80. The van der Waals surface area contributed by atoms with Crippen molar-refractivity contribution in [1.29, 1.82) is 0 Å². The van der Waals surface area contributed by atoms with Gasteiger partial charge in [0.2, 0.25) is 6.67 Å². The van der Waals surface area contributed by atoms with E-state index >= 15 is 0 Å². The summed E-state index contributed by atoms with van der Waals surface area (Å²) in [5.74, 6) is 0. The van der Waals surface area contributed by atoms with Gasteiger partial charge in [-0.25, -0.2) is 0 Å². The van der Waals surface area contributed by atoms with Gasteiger partial charge in [0, 0.05) is 25.5 Å². The van der Waals surface area contributed by atoms with Gasteiger partial charge >= 0.3 is 0 Å². The zero-order valence-electron chi connectivity index (χ0n) is 8.37. The predicted molar refractivity (Wildman–Crippen MR) is 55.5 cm³/mol. The average molecular weight is 178 g/mol. The van der Waals surface area contributed by atoms with E-state index in [0.29, 0.717) is 0 Å². The monoisotopic (exact) mass is 178 g/mol. The lowest BCUT2D eigenvalue weighted by atomic mass is 10.2. The highest BCUT2D eigenvalue weighted by Crippen LogP contribution is 2.11. The van der Waals surface area contributed by atoms with Crippen LogP contribution in [0.15, 0.2) is 25.1 Å². The standard InChI is InChI=1S/C11H18N2/c1-3-5-6-8-13-10-9-12(11-13)7-4-2/h4,9-10H,2-3,5-8H2,1H3. The third kappa shape index (κ3) is 3.53. The van der Waals surface area contributed by atoms with Gasteiger partial charge in [-0.15, -0.1) is 6.58 Å². The van der Waals surface area contributed by atoms with Crippen molar-refractivity contribution in [2.45, 2.75) is 26.2 Å². The summed E-state index contributed by atoms with van der Waals surface area (Å²) in [6.45, 7) is 11.1. The Morgan fingerprint density at radius 2 is 2.08 bits per heavy atom. The lowest BCUT2D eigenvalue weighted by Gasteiger charge is -2.17. The van der Waals surface area contributed by atoms with Crippen molar-refractivity contribution >= 4 is 0 Å². The van der Waals surface area contributed by atoms with Gasteiger partial charge in [0.1, 0.15) is 0 Å². The SMILES string of the molecule is C=CCN1[C]N(CCCCC)C=C1. The molecule has 0 saturated heterocycles. The number of hydrogen-bond donors (Lipinski definition) is 0. The number of nitrogens with zero attached hydrogens (tertiary/aromatic N) is 2. The highest BCUT2D eigenvalue weighted by atomic mass is 15.3. The molecule has 1 rings (SSSR count). The van der Waals surface area contributed by atoms with Crippen LogP contribution >= 0.6 is 0 Å². The second kappa shape index (κ2) is 5.68. The molecule has 2 radical (unpaired) electrons. The molecule has 1 heterocycles. The van der Waals surface area contributed by atoms with Crippen molar-refractivity contribution in [3.05, 3.63) is 31.7 Å². The molecule has 0 bridgehead atoms. The average Bonchev–Trinajstić information content (AvgIpc) is 2.54. The second-order valence-corrected chi connectivity index (χ2v) is 3.24. The quantitative estimate of drug-likeness (QED) is 0.455. The summed E-state index contributed by atoms with van der Waals surface area (Å²) in [4.78, 5) is 4.12. The zero-order valence-corrected chi connectivity index (χ0v) is 8.37. The van der Waals surface area contributed by atoms with Crippen LogP contribution in [0.1, 0.15) is 26.2 Å². The molecule has 0 unspecified atom stereocenters. The summed E-state index contributed by atoms with van der Waals surface area (Å²) in [5.41, 5.74) is 0. The summed E-state index contributed by atoms with van der Waals surface area (Å²) in [6, 6.07) is 0. The van der Waals surface area contributed by atoms with Crippen LogP contribution in [0.3, 0.4) is 0 Å². The number of unbranched alkanes of at least 4 members (excludes halogenated alkanes) is 2. The van der Waals surface area contributed by atoms with Gasteiger partial charge in [-0.05, 0) is 6.42 Å². The Labute approximate surface area is 81.5 Å². The van der Waals surface area contributed by atoms with Crippen LogP contribution in [0.4, 0.5) is 0 Å². The molecule has 2 nitrogen and oxygen atoms in total. The molecule has 0 amide bonds. The molecule has 0 aromatic carbocycles. The van der Waals surface area contributed by atoms with Crippen LogP contribution < -0.4 is 0 Å². The maximum absolute atomic E-state index is 3.69. The minimum absolute atomic E-state index is 0.848. The highest BCUT2D eigenvalue weighted by molar-refractivity contribution is 4.98. The van der Waals surface area contributed by atoms with Crippen LogP contribution in [-0.2, 0) is 0 Å². The smallest absolute Gasteiger partial charge is 0.208 e. The van der Waals surface area contributed by atoms with Gasteiger partial charge in [-0.2, -0.15) is 0 Å². The maximum Gasteiger partial charge on any atom is 0.208 e. The predicted octanol–water partition coefficient (Wildman–Crippen LogP) is 2.45. The molecular weight excluding hydrogens is 160 g/mol. The molecule has 0 aliphatic carbocycles. The maximum atomic E-state index is 3.69. The van der Waals surface area contributed by atoms with Gasteiger partial charge in [-0.1, -0.05) is 25.8 Å². The Morgan fingerprint density at radius 1 is 1.31 bits per heavy atom. The zero-order chi connectivity index (χ0) is 9.52. The van der Waals surface area contributed by atoms with E-state index in [1.165, 1.54) is 19.3 Å². The number of rotatable bonds is 6. The van der Waals surface area contributed by atoms with Crippen molar-refractivity contribution in [2.24, 2.45) is 0 Å². The molecule has 0 N–H and O–H groups in total. The lowest BCUT2D eigenvalue weighted by Crippen LogP contribution is -2.20. The minimum Gasteiger partial charge on any atom is -0.346 e. The van der Waals surface area contributed by atoms with E-state index in [1.807, 2.05) is 17.2 Å². The fourth-order valence-corrected chi connectivity index (χ4v) is 1.29. The molecule has 2 heteroatoms. The molecule has 13 heavy (non-hydrogen) atoms. The topological polar surface area (TPSA) is 6.48 Å². The molecule has 1 aliphatic heterocycles. The Kier molecular flexibility index (Phi) is 4.44. The van der Waals surface area contributed by atoms with E-state index in [2.05, 4.69) is 31.3 Å². The first-order valence-electron chi connectivity index (χ1n) is 4.95. The molecule has 0 atom stereocenters. The van der Waals surface area contributed by atoms with Crippen molar-refractivity contribution in [1.82, 2.24) is 9.80 Å². The van der Waals surface area contributed by atoms with E-state index in [-0.39, 0.29) is 0 Å². The summed E-state index contributed by atoms with van der Waals surface area (Å²) >= 11 is 0. The van der Waals surface area contributed by atoms with Crippen LogP contribution in [0, 0.1) is 6.67 Å². The van der Waals surface area contributed by atoms with Crippen LogP contribution in [-0.4, -0.2) is 22.9 Å². The largest absolute Gasteiger partial charge is 0.346 e. The number of hydrogen-bond acceptors (Lipinski definition) is 2. The Balaban J connectivity index is 2.11. The van der Waals surface area contributed by atoms with Gasteiger partial charge in [0.05, 0.1) is 0 Å². The van der Waals surface area contributed by atoms with E-state index < -0.39 is 0 Å². The molecule has 0 fully saturated rings. The summed E-state index contributed by atoms with van der Waals surface area (Å²) in [7, 11) is 0. The molecule has 0 saturated carbocycles. The molecule has 0 aromatic heterocycles. The second-order valence-electron chi connectivity index (χ2n) is 3.24. The van der Waals surface area contributed by atoms with Gasteiger partial charge < -0.3 is 9.80 Å². The van der Waals surface area contributed by atoms with E-state index in [4.69, 9.17) is 0 Å². The first-order valence-corrected chi connectivity index (χ1v) is 4.95. The fraction of sp³-hybridized carbons (Fsp3) is 0.545. The van der Waals surface area contributed by atoms with E-state index in [1.54, 1.807) is 0 Å². The third-order valence-corrected chi connectivity index (χ3v) is 2.01. The Bertz CT molecular complexity index is 175. The van der Waals surface area contributed by atoms with Gasteiger partial charge in [-0.3, -0.25) is 0 Å². The van der Waals surface area contributed by atoms with E-state index in [9.17, 15) is 0 Å². The summed E-state index contributed by atoms with van der Waals surface area (Å²) in [5, 5.41) is 0. The van der Waals surface area contributed by atoms with Crippen molar-refractivity contribution in [3.63, 3.8) is 0 Å². The summed E-state index contributed by atoms with van der Waals surface area (Å²) < 4.78 is 0. The molecule has 0 aromatic rings. The van der Waals surface area contributed by atoms with Crippen molar-refractivity contribution < 1.29 is 0 Å². The van der Waals surface area contributed by atoms with E-state index in [0.717, 1.165) is 13.1 Å². The first-order chi connectivity index (χ1) is 6.36. The first kappa shape index (κ1) is 10.2.